The van der Waals surface area contributed by atoms with Crippen molar-refractivity contribution in [2.24, 2.45) is 0 Å². The van der Waals surface area contributed by atoms with Crippen molar-refractivity contribution in [2.75, 3.05) is 13.7 Å². The molecule has 0 saturated carbocycles. The van der Waals surface area contributed by atoms with Gasteiger partial charge in [0.25, 0.3) is 0 Å². The van der Waals surface area contributed by atoms with Crippen molar-refractivity contribution in [3.8, 4) is 11.5 Å². The van der Waals surface area contributed by atoms with Gasteiger partial charge in [-0.1, -0.05) is 31.5 Å². The van der Waals surface area contributed by atoms with E-state index >= 15 is 0 Å². The highest BCUT2D eigenvalue weighted by Crippen LogP contribution is 2.34. The summed E-state index contributed by atoms with van der Waals surface area (Å²) in [5.74, 6) is 1.42. The Hall–Kier alpha value is -1.19. The summed E-state index contributed by atoms with van der Waals surface area (Å²) in [5.41, 5.74) is 1.00. The summed E-state index contributed by atoms with van der Waals surface area (Å²) >= 11 is 6.10. The van der Waals surface area contributed by atoms with Crippen LogP contribution < -0.4 is 14.8 Å². The topological polar surface area (TPSA) is 30.5 Å². The highest BCUT2D eigenvalue weighted by Gasteiger charge is 2.13. The van der Waals surface area contributed by atoms with Crippen LogP contribution in [-0.2, 0) is 6.54 Å². The van der Waals surface area contributed by atoms with Crippen LogP contribution in [0.4, 0.5) is 0 Å². The quantitative estimate of drug-likeness (QED) is 0.581. The summed E-state index contributed by atoms with van der Waals surface area (Å²) in [4.78, 5) is 0. The van der Waals surface area contributed by atoms with E-state index < -0.39 is 0 Å². The van der Waals surface area contributed by atoms with Crippen molar-refractivity contribution >= 4 is 11.6 Å². The molecule has 0 aromatic heterocycles. The molecule has 1 N–H and O–H groups in total. The third kappa shape index (κ3) is 5.13. The molecule has 3 nitrogen and oxygen atoms in total. The van der Waals surface area contributed by atoms with Crippen LogP contribution in [0.15, 0.2) is 24.8 Å². The van der Waals surface area contributed by atoms with Gasteiger partial charge < -0.3 is 14.8 Å². The normalized spacial score (nSPS) is 10.6. The van der Waals surface area contributed by atoms with E-state index in [0.29, 0.717) is 30.0 Å². The maximum atomic E-state index is 6.10. The second-order valence-corrected chi connectivity index (χ2v) is 4.99. The number of hydrogen-bond donors (Lipinski definition) is 1. The zero-order valence-corrected chi connectivity index (χ0v) is 12.6. The van der Waals surface area contributed by atoms with E-state index in [4.69, 9.17) is 21.1 Å². The second-order valence-electron chi connectivity index (χ2n) is 4.56. The van der Waals surface area contributed by atoms with Gasteiger partial charge in [-0.25, -0.2) is 0 Å². The van der Waals surface area contributed by atoms with Gasteiger partial charge in [0.1, 0.15) is 0 Å². The van der Waals surface area contributed by atoms with Gasteiger partial charge in [0, 0.05) is 29.2 Å². The molecule has 0 radical (unpaired) electrons. The van der Waals surface area contributed by atoms with Crippen LogP contribution in [0.3, 0.4) is 0 Å². The fraction of sp³-hybridized carbons (Fsp3) is 0.467. The van der Waals surface area contributed by atoms with Gasteiger partial charge in [0.2, 0.25) is 0 Å². The molecule has 0 unspecified atom stereocenters. The maximum Gasteiger partial charge on any atom is 0.165 e. The van der Waals surface area contributed by atoms with E-state index in [9.17, 15) is 0 Å². The molecule has 106 valence electrons. The summed E-state index contributed by atoms with van der Waals surface area (Å²) in [6.07, 6.45) is 2.62. The average molecular weight is 284 g/mol. The van der Waals surface area contributed by atoms with Gasteiger partial charge in [-0.05, 0) is 12.5 Å². The molecule has 0 heterocycles. The van der Waals surface area contributed by atoms with Crippen molar-refractivity contribution in [1.82, 2.24) is 5.32 Å². The minimum Gasteiger partial charge on any atom is -0.493 e. The molecular weight excluding hydrogens is 262 g/mol. The predicted molar refractivity (Wildman–Crippen MR) is 80.3 cm³/mol. The molecule has 4 heteroatoms. The molecule has 0 saturated heterocycles. The largest absolute Gasteiger partial charge is 0.493 e. The van der Waals surface area contributed by atoms with Crippen molar-refractivity contribution in [3.05, 3.63) is 35.4 Å². The van der Waals surface area contributed by atoms with Crippen molar-refractivity contribution in [2.45, 2.75) is 32.9 Å². The van der Waals surface area contributed by atoms with E-state index in [1.165, 1.54) is 0 Å². The van der Waals surface area contributed by atoms with Gasteiger partial charge in [-0.3, -0.25) is 0 Å². The van der Waals surface area contributed by atoms with Crippen LogP contribution in [-0.4, -0.2) is 19.8 Å². The third-order valence-corrected chi connectivity index (χ3v) is 2.80. The lowest BCUT2D eigenvalue weighted by Gasteiger charge is -2.17. The predicted octanol–water partition coefficient (Wildman–Crippen LogP) is 3.80. The molecule has 0 spiro atoms. The standard InChI is InChI=1S/C15H22ClNO2/c1-5-6-7-19-15-12(10-17-11(2)3)8-13(16)9-14(15)18-4/h5,8-9,11,17H,1,6-7,10H2,2-4H3. The van der Waals surface area contributed by atoms with Crippen molar-refractivity contribution in [3.63, 3.8) is 0 Å². The fourth-order valence-corrected chi connectivity index (χ4v) is 1.86. The van der Waals surface area contributed by atoms with E-state index in [0.717, 1.165) is 17.7 Å². The first-order valence-corrected chi connectivity index (χ1v) is 6.79. The first kappa shape index (κ1) is 15.9. The monoisotopic (exact) mass is 283 g/mol. The van der Waals surface area contributed by atoms with Crippen molar-refractivity contribution in [1.29, 1.82) is 0 Å². The Labute approximate surface area is 120 Å². The highest BCUT2D eigenvalue weighted by atomic mass is 35.5. The molecule has 0 aliphatic carbocycles. The molecule has 0 fully saturated rings. The molecule has 0 aliphatic heterocycles. The van der Waals surface area contributed by atoms with Crippen LogP contribution >= 0.6 is 11.6 Å². The molecule has 0 bridgehead atoms. The summed E-state index contributed by atoms with van der Waals surface area (Å²) in [7, 11) is 1.62. The number of hydrogen-bond acceptors (Lipinski definition) is 3. The molecule has 0 atom stereocenters. The maximum absolute atomic E-state index is 6.10. The van der Waals surface area contributed by atoms with Crippen LogP contribution in [0.5, 0.6) is 11.5 Å². The van der Waals surface area contributed by atoms with Gasteiger partial charge in [-0.2, -0.15) is 0 Å². The lowest BCUT2D eigenvalue weighted by Crippen LogP contribution is -2.22. The number of ether oxygens (including phenoxy) is 2. The van der Waals surface area contributed by atoms with Crippen LogP contribution in [0.25, 0.3) is 0 Å². The van der Waals surface area contributed by atoms with Crippen LogP contribution in [0.1, 0.15) is 25.8 Å². The third-order valence-electron chi connectivity index (χ3n) is 2.59. The number of rotatable bonds is 8. The van der Waals surface area contributed by atoms with Crippen molar-refractivity contribution < 1.29 is 9.47 Å². The molecule has 1 aromatic rings. The zero-order chi connectivity index (χ0) is 14.3. The van der Waals surface area contributed by atoms with Crippen LogP contribution in [0, 0.1) is 0 Å². The van der Waals surface area contributed by atoms with E-state index in [2.05, 4.69) is 25.7 Å². The minimum absolute atomic E-state index is 0.394. The zero-order valence-electron chi connectivity index (χ0n) is 11.8. The first-order chi connectivity index (χ1) is 9.08. The summed E-state index contributed by atoms with van der Waals surface area (Å²) in [5, 5.41) is 4.00. The molecule has 1 aromatic carbocycles. The minimum atomic E-state index is 0.394. The Balaban J connectivity index is 2.95. The lowest BCUT2D eigenvalue weighted by atomic mass is 10.1. The van der Waals surface area contributed by atoms with E-state index in [-0.39, 0.29) is 0 Å². The number of nitrogens with one attached hydrogen (secondary N) is 1. The Morgan fingerprint density at radius 1 is 1.42 bits per heavy atom. The van der Waals surface area contributed by atoms with E-state index in [1.54, 1.807) is 13.2 Å². The molecule has 19 heavy (non-hydrogen) atoms. The number of halogens is 1. The molecular formula is C15H22ClNO2. The Bertz CT molecular complexity index is 419. The second kappa shape index (κ2) is 8.08. The van der Waals surface area contributed by atoms with E-state index in [1.807, 2.05) is 12.1 Å². The Kier molecular flexibility index (Phi) is 6.74. The van der Waals surface area contributed by atoms with Gasteiger partial charge >= 0.3 is 0 Å². The van der Waals surface area contributed by atoms with Gasteiger partial charge in [0.15, 0.2) is 11.5 Å². The average Bonchev–Trinajstić information content (AvgIpc) is 2.37. The summed E-state index contributed by atoms with van der Waals surface area (Å²) < 4.78 is 11.1. The van der Waals surface area contributed by atoms with Crippen LogP contribution in [0.2, 0.25) is 5.02 Å². The smallest absolute Gasteiger partial charge is 0.165 e. The fourth-order valence-electron chi connectivity index (χ4n) is 1.63. The number of methoxy groups -OCH3 is 1. The summed E-state index contributed by atoms with van der Waals surface area (Å²) in [6.45, 7) is 9.15. The summed E-state index contributed by atoms with van der Waals surface area (Å²) in [6, 6.07) is 4.07. The Morgan fingerprint density at radius 2 is 2.16 bits per heavy atom. The first-order valence-electron chi connectivity index (χ1n) is 6.42. The molecule has 1 rings (SSSR count). The van der Waals surface area contributed by atoms with Gasteiger partial charge in [-0.15, -0.1) is 6.58 Å². The molecule has 0 amide bonds. The SMILES string of the molecule is C=CCCOc1c(CNC(C)C)cc(Cl)cc1OC. The van der Waals surface area contributed by atoms with Gasteiger partial charge in [0.05, 0.1) is 13.7 Å². The molecule has 0 aliphatic rings. The number of benzene rings is 1. The lowest BCUT2D eigenvalue weighted by molar-refractivity contribution is 0.295. The highest BCUT2D eigenvalue weighted by molar-refractivity contribution is 6.30. The Morgan fingerprint density at radius 3 is 2.74 bits per heavy atom.